The van der Waals surface area contributed by atoms with E-state index in [9.17, 15) is 0 Å². The van der Waals surface area contributed by atoms with Crippen LogP contribution in [0.3, 0.4) is 0 Å². The lowest BCUT2D eigenvalue weighted by Crippen LogP contribution is -1.93. The van der Waals surface area contributed by atoms with Crippen LogP contribution in [0.1, 0.15) is 5.56 Å². The number of aromatic nitrogens is 2. The fourth-order valence-electron chi connectivity index (χ4n) is 1.25. The molecule has 74 valence electrons. The molecule has 0 saturated carbocycles. The first kappa shape index (κ1) is 10.0. The predicted octanol–water partition coefficient (Wildman–Crippen LogP) is 2.62. The van der Waals surface area contributed by atoms with Crippen LogP contribution in [0.25, 0.3) is 5.69 Å². The average molecular weight is 261 g/mol. The molecule has 0 bridgehead atoms. The number of halogens is 1. The van der Waals surface area contributed by atoms with E-state index in [1.807, 2.05) is 41.2 Å². The van der Waals surface area contributed by atoms with Gasteiger partial charge < -0.3 is 0 Å². The lowest BCUT2D eigenvalue weighted by molar-refractivity contribution is 0.880. The van der Waals surface area contributed by atoms with Gasteiger partial charge in [-0.25, -0.2) is 4.68 Å². The summed E-state index contributed by atoms with van der Waals surface area (Å²) in [5.41, 5.74) is 2.06. The lowest BCUT2D eigenvalue weighted by atomic mass is 10.2. The summed E-state index contributed by atoms with van der Waals surface area (Å²) in [6.45, 7) is 0. The van der Waals surface area contributed by atoms with E-state index in [2.05, 4.69) is 32.9 Å². The van der Waals surface area contributed by atoms with Gasteiger partial charge in [-0.15, -0.1) is 0 Å². The van der Waals surface area contributed by atoms with Crippen LogP contribution in [0.5, 0.6) is 0 Å². The maximum atomic E-state index is 4.15. The van der Waals surface area contributed by atoms with E-state index < -0.39 is 0 Å². The van der Waals surface area contributed by atoms with Gasteiger partial charge in [0.05, 0.1) is 11.0 Å². The molecule has 0 saturated heterocycles. The van der Waals surface area contributed by atoms with Gasteiger partial charge in [-0.2, -0.15) is 5.10 Å². The number of alkyl halides is 1. The van der Waals surface area contributed by atoms with E-state index in [1.165, 1.54) is 0 Å². The highest BCUT2D eigenvalue weighted by molar-refractivity contribution is 9.09. The molecule has 3 heteroatoms. The topological polar surface area (TPSA) is 17.8 Å². The maximum Gasteiger partial charge on any atom is 0.0649 e. The molecule has 2 aromatic rings. The van der Waals surface area contributed by atoms with Crippen molar-refractivity contribution in [3.8, 4) is 17.5 Å². The molecule has 0 radical (unpaired) electrons. The minimum atomic E-state index is 0.702. The van der Waals surface area contributed by atoms with Crippen molar-refractivity contribution in [1.82, 2.24) is 9.78 Å². The summed E-state index contributed by atoms with van der Waals surface area (Å²) in [7, 11) is 0. The van der Waals surface area contributed by atoms with E-state index >= 15 is 0 Å². The van der Waals surface area contributed by atoms with Crippen LogP contribution in [0.4, 0.5) is 0 Å². The van der Waals surface area contributed by atoms with Gasteiger partial charge in [-0.3, -0.25) is 0 Å². The highest BCUT2D eigenvalue weighted by Gasteiger charge is 1.94. The molecular weight excluding hydrogens is 252 g/mol. The number of rotatable bonds is 1. The highest BCUT2D eigenvalue weighted by Crippen LogP contribution is 2.07. The minimum absolute atomic E-state index is 0.702. The largest absolute Gasteiger partial charge is 0.241 e. The molecule has 15 heavy (non-hydrogen) atoms. The van der Waals surface area contributed by atoms with Crippen molar-refractivity contribution in [1.29, 1.82) is 0 Å². The van der Waals surface area contributed by atoms with Gasteiger partial charge in [-0.1, -0.05) is 27.8 Å². The Kier molecular flexibility index (Phi) is 3.21. The molecule has 0 aliphatic heterocycles. The Morgan fingerprint density at radius 1 is 1.27 bits per heavy atom. The van der Waals surface area contributed by atoms with Gasteiger partial charge in [0.1, 0.15) is 0 Å². The monoisotopic (exact) mass is 260 g/mol. The third-order valence-electron chi connectivity index (χ3n) is 1.94. The summed E-state index contributed by atoms with van der Waals surface area (Å²) in [6, 6.07) is 9.90. The molecule has 0 spiro atoms. The van der Waals surface area contributed by atoms with Gasteiger partial charge in [0.25, 0.3) is 0 Å². The van der Waals surface area contributed by atoms with Crippen LogP contribution in [-0.2, 0) is 0 Å². The second-order valence-corrected chi connectivity index (χ2v) is 3.49. The van der Waals surface area contributed by atoms with E-state index in [0.717, 1.165) is 11.3 Å². The van der Waals surface area contributed by atoms with Crippen LogP contribution in [0, 0.1) is 11.8 Å². The summed E-state index contributed by atoms with van der Waals surface area (Å²) < 4.78 is 1.82. The van der Waals surface area contributed by atoms with Crippen LogP contribution in [-0.4, -0.2) is 15.1 Å². The summed E-state index contributed by atoms with van der Waals surface area (Å²) in [6.07, 6.45) is 3.68. The zero-order chi connectivity index (χ0) is 10.5. The van der Waals surface area contributed by atoms with E-state index in [4.69, 9.17) is 0 Å². The van der Waals surface area contributed by atoms with Crippen molar-refractivity contribution in [3.63, 3.8) is 0 Å². The Hall–Kier alpha value is -1.53. The molecule has 0 N–H and O–H groups in total. The third-order valence-corrected chi connectivity index (χ3v) is 2.22. The fraction of sp³-hybridized carbons (Fsp3) is 0.0833. The molecule has 1 heterocycles. The van der Waals surface area contributed by atoms with Crippen LogP contribution in [0.2, 0.25) is 0 Å². The number of hydrogen-bond acceptors (Lipinski definition) is 1. The van der Waals surface area contributed by atoms with E-state index in [1.54, 1.807) is 6.20 Å². The third kappa shape index (κ3) is 2.48. The van der Waals surface area contributed by atoms with Crippen LogP contribution in [0.15, 0.2) is 42.7 Å². The number of benzene rings is 1. The van der Waals surface area contributed by atoms with Crippen LogP contribution >= 0.6 is 15.9 Å². The molecule has 2 rings (SSSR count). The quantitative estimate of drug-likeness (QED) is 0.570. The normalized spacial score (nSPS) is 9.40. The molecule has 0 aliphatic rings. The van der Waals surface area contributed by atoms with Crippen molar-refractivity contribution < 1.29 is 0 Å². The summed E-state index contributed by atoms with van der Waals surface area (Å²) in [5, 5.41) is 4.85. The Balaban J connectivity index is 2.25. The van der Waals surface area contributed by atoms with Gasteiger partial charge >= 0.3 is 0 Å². The molecule has 1 aromatic carbocycles. The van der Waals surface area contributed by atoms with Crippen molar-refractivity contribution in [2.75, 3.05) is 5.33 Å². The minimum Gasteiger partial charge on any atom is -0.241 e. The molecule has 1 aromatic heterocycles. The summed E-state index contributed by atoms with van der Waals surface area (Å²) in [5.74, 6) is 6.00. The molecular formula is C12H9BrN2. The molecule has 0 unspecified atom stereocenters. The summed E-state index contributed by atoms with van der Waals surface area (Å²) in [4.78, 5) is 0. The Morgan fingerprint density at radius 2 is 2.07 bits per heavy atom. The fourth-order valence-corrected chi connectivity index (χ4v) is 1.39. The van der Waals surface area contributed by atoms with Crippen molar-refractivity contribution in [3.05, 3.63) is 48.3 Å². The molecule has 2 nitrogen and oxygen atoms in total. The second-order valence-electron chi connectivity index (χ2n) is 2.93. The van der Waals surface area contributed by atoms with Crippen molar-refractivity contribution in [2.45, 2.75) is 0 Å². The SMILES string of the molecule is BrCC#Cc1ccc(-n2cccn2)cc1. The zero-order valence-electron chi connectivity index (χ0n) is 8.02. The predicted molar refractivity (Wildman–Crippen MR) is 64.2 cm³/mol. The molecule has 0 fully saturated rings. The Morgan fingerprint density at radius 3 is 2.67 bits per heavy atom. The Labute approximate surface area is 97.1 Å². The average Bonchev–Trinajstić information content (AvgIpc) is 2.80. The smallest absolute Gasteiger partial charge is 0.0649 e. The van der Waals surface area contributed by atoms with Gasteiger partial charge in [0.15, 0.2) is 0 Å². The number of hydrogen-bond donors (Lipinski definition) is 0. The maximum absolute atomic E-state index is 4.15. The molecule has 0 amide bonds. The van der Waals surface area contributed by atoms with E-state index in [-0.39, 0.29) is 0 Å². The Bertz CT molecular complexity index is 475. The van der Waals surface area contributed by atoms with Crippen LogP contribution < -0.4 is 0 Å². The highest BCUT2D eigenvalue weighted by atomic mass is 79.9. The first-order chi connectivity index (χ1) is 7.40. The van der Waals surface area contributed by atoms with Gasteiger partial charge in [0, 0.05) is 18.0 Å². The zero-order valence-corrected chi connectivity index (χ0v) is 9.61. The first-order valence-corrected chi connectivity index (χ1v) is 5.67. The van der Waals surface area contributed by atoms with Crippen molar-refractivity contribution in [2.24, 2.45) is 0 Å². The summed E-state index contributed by atoms with van der Waals surface area (Å²) >= 11 is 3.27. The standard InChI is InChI=1S/C12H9BrN2/c13-8-1-3-11-4-6-12(7-5-11)15-10-2-9-14-15/h2,4-7,9-10H,8H2. The van der Waals surface area contributed by atoms with Gasteiger partial charge in [0.2, 0.25) is 0 Å². The second kappa shape index (κ2) is 4.81. The van der Waals surface area contributed by atoms with Gasteiger partial charge in [-0.05, 0) is 30.3 Å². The number of nitrogens with zero attached hydrogens (tertiary/aromatic N) is 2. The van der Waals surface area contributed by atoms with E-state index in [0.29, 0.717) is 5.33 Å². The first-order valence-electron chi connectivity index (χ1n) is 4.55. The van der Waals surface area contributed by atoms with Crippen molar-refractivity contribution >= 4 is 15.9 Å². The lowest BCUT2D eigenvalue weighted by Gasteiger charge is -2.00. The molecule has 0 atom stereocenters. The molecule has 0 aliphatic carbocycles.